The number of carboxylic acid groups (broad SMARTS) is 1. The highest BCUT2D eigenvalue weighted by molar-refractivity contribution is 5.86. The molecule has 0 heterocycles. The molecule has 3 heteroatoms. The fraction of sp³-hybridized carbons (Fsp3) is 0.870. The lowest BCUT2D eigenvalue weighted by Gasteiger charge is -2.60. The normalized spacial score (nSPS) is 48.8. The maximum absolute atomic E-state index is 11.4. The second-order valence-corrected chi connectivity index (χ2v) is 10.5. The van der Waals surface area contributed by atoms with Gasteiger partial charge in [0.2, 0.25) is 0 Å². The first-order chi connectivity index (χ1) is 12.3. The third-order valence-corrected chi connectivity index (χ3v) is 9.60. The summed E-state index contributed by atoms with van der Waals surface area (Å²) in [6, 6.07) is 0. The summed E-state index contributed by atoms with van der Waals surface area (Å²) in [5.41, 5.74) is 1.36. The van der Waals surface area contributed by atoms with Gasteiger partial charge in [0.25, 0.3) is 0 Å². The summed E-state index contributed by atoms with van der Waals surface area (Å²) in [4.78, 5) is 11.4. The lowest BCUT2D eigenvalue weighted by atomic mass is 9.45. The third-order valence-electron chi connectivity index (χ3n) is 9.60. The van der Waals surface area contributed by atoms with Crippen LogP contribution in [0, 0.1) is 46.3 Å². The number of aliphatic carboxylic acids is 1. The molecule has 3 nitrogen and oxygen atoms in total. The number of allylic oxidation sites excluding steroid dienone is 1. The Morgan fingerprint density at radius 2 is 1.85 bits per heavy atom. The maximum atomic E-state index is 11.4. The van der Waals surface area contributed by atoms with Crippen molar-refractivity contribution in [3.63, 3.8) is 0 Å². The predicted octanol–water partition coefficient (Wildman–Crippen LogP) is 4.89. The molecule has 4 aliphatic carbocycles. The van der Waals surface area contributed by atoms with Crippen LogP contribution in [0.2, 0.25) is 0 Å². The highest BCUT2D eigenvalue weighted by Crippen LogP contribution is 2.67. The molecular weight excluding hydrogens is 324 g/mol. The Morgan fingerprint density at radius 1 is 1.12 bits per heavy atom. The molecule has 0 amide bonds. The van der Waals surface area contributed by atoms with Crippen LogP contribution in [0.3, 0.4) is 0 Å². The average molecular weight is 361 g/mol. The molecule has 3 fully saturated rings. The Hall–Kier alpha value is -0.830. The molecule has 0 spiro atoms. The minimum Gasteiger partial charge on any atom is -0.478 e. The molecule has 4 aliphatic rings. The van der Waals surface area contributed by atoms with Crippen molar-refractivity contribution in [2.45, 2.75) is 72.1 Å². The summed E-state index contributed by atoms with van der Waals surface area (Å²) in [7, 11) is 0. The highest BCUT2D eigenvalue weighted by Gasteiger charge is 2.60. The van der Waals surface area contributed by atoms with Crippen LogP contribution in [0.15, 0.2) is 11.6 Å². The van der Waals surface area contributed by atoms with Gasteiger partial charge in [-0.25, -0.2) is 4.79 Å². The Kier molecular flexibility index (Phi) is 4.53. The van der Waals surface area contributed by atoms with Crippen LogP contribution in [0.5, 0.6) is 0 Å². The number of aliphatic hydroxyl groups is 1. The number of carboxylic acids is 1. The molecule has 0 aromatic carbocycles. The van der Waals surface area contributed by atoms with Gasteiger partial charge in [-0.2, -0.15) is 0 Å². The first kappa shape index (κ1) is 18.5. The van der Waals surface area contributed by atoms with Gasteiger partial charge in [-0.05, 0) is 97.7 Å². The highest BCUT2D eigenvalue weighted by atomic mass is 16.4. The van der Waals surface area contributed by atoms with E-state index >= 15 is 0 Å². The Balaban J connectivity index is 1.60. The molecule has 146 valence electrons. The van der Waals surface area contributed by atoms with E-state index in [-0.39, 0.29) is 0 Å². The van der Waals surface area contributed by atoms with Crippen LogP contribution < -0.4 is 0 Å². The minimum atomic E-state index is -0.706. The topological polar surface area (TPSA) is 57.5 Å². The molecule has 4 rings (SSSR count). The summed E-state index contributed by atoms with van der Waals surface area (Å²) in [6.45, 7) is 7.55. The molecule has 0 saturated heterocycles. The number of carbonyl (C=O) groups is 1. The zero-order valence-electron chi connectivity index (χ0n) is 16.7. The van der Waals surface area contributed by atoms with Gasteiger partial charge >= 0.3 is 5.97 Å². The number of hydrogen-bond donors (Lipinski definition) is 2. The van der Waals surface area contributed by atoms with Crippen molar-refractivity contribution >= 4 is 5.97 Å². The van der Waals surface area contributed by atoms with E-state index in [9.17, 15) is 15.0 Å². The SMILES string of the molecule is CC(CO)[C@H]1CC[C@H]2[C@@H]3CC[C@H]4C=C(C(=O)O)CC[C@]4(C)[C@H]3CC[C@]12C. The van der Waals surface area contributed by atoms with Crippen LogP contribution in [0.1, 0.15) is 72.1 Å². The van der Waals surface area contributed by atoms with E-state index in [1.807, 2.05) is 0 Å². The van der Waals surface area contributed by atoms with Crippen LogP contribution in [0.25, 0.3) is 0 Å². The molecule has 0 radical (unpaired) electrons. The van der Waals surface area contributed by atoms with E-state index in [2.05, 4.69) is 26.8 Å². The number of hydrogen-bond acceptors (Lipinski definition) is 2. The van der Waals surface area contributed by atoms with E-state index in [0.717, 1.165) is 30.6 Å². The van der Waals surface area contributed by atoms with Crippen molar-refractivity contribution in [2.24, 2.45) is 46.3 Å². The predicted molar refractivity (Wildman–Crippen MR) is 103 cm³/mol. The average Bonchev–Trinajstić information content (AvgIpc) is 2.97. The van der Waals surface area contributed by atoms with Gasteiger partial charge in [0.15, 0.2) is 0 Å². The Labute approximate surface area is 158 Å². The molecule has 0 aromatic heterocycles. The fourth-order valence-corrected chi connectivity index (χ4v) is 8.14. The molecule has 1 unspecified atom stereocenters. The van der Waals surface area contributed by atoms with Crippen LogP contribution in [-0.4, -0.2) is 22.8 Å². The summed E-state index contributed by atoms with van der Waals surface area (Å²) in [5.74, 6) is 3.23. The lowest BCUT2D eigenvalue weighted by molar-refractivity contribution is -0.134. The second kappa shape index (κ2) is 6.36. The zero-order valence-corrected chi connectivity index (χ0v) is 16.7. The zero-order chi connectivity index (χ0) is 18.7. The molecule has 8 atom stereocenters. The standard InChI is InChI=1S/C23H36O3/c1-14(13-24)18-6-7-19-17-5-4-16-12-15(21(25)26)8-10-22(16,2)20(17)9-11-23(18,19)3/h12,14,16-20,24H,4-11,13H2,1-3H3,(H,25,26)/t14?,16-,17-,18+,19-,20-,22-,23+/m0/s1. The Bertz CT molecular complexity index is 611. The van der Waals surface area contributed by atoms with Crippen molar-refractivity contribution in [1.82, 2.24) is 0 Å². The minimum absolute atomic E-state index is 0.296. The van der Waals surface area contributed by atoms with Crippen molar-refractivity contribution in [3.05, 3.63) is 11.6 Å². The van der Waals surface area contributed by atoms with Gasteiger partial charge in [0.05, 0.1) is 0 Å². The van der Waals surface area contributed by atoms with E-state index in [1.54, 1.807) is 0 Å². The maximum Gasteiger partial charge on any atom is 0.331 e. The molecule has 3 saturated carbocycles. The van der Waals surface area contributed by atoms with E-state index < -0.39 is 5.97 Å². The summed E-state index contributed by atoms with van der Waals surface area (Å²) in [5, 5.41) is 19.2. The Morgan fingerprint density at radius 3 is 2.54 bits per heavy atom. The second-order valence-electron chi connectivity index (χ2n) is 10.5. The van der Waals surface area contributed by atoms with Gasteiger partial charge in [-0.1, -0.05) is 26.8 Å². The van der Waals surface area contributed by atoms with E-state index in [0.29, 0.717) is 40.8 Å². The monoisotopic (exact) mass is 360 g/mol. The van der Waals surface area contributed by atoms with Crippen molar-refractivity contribution in [1.29, 1.82) is 0 Å². The number of rotatable bonds is 3. The first-order valence-corrected chi connectivity index (χ1v) is 10.9. The van der Waals surface area contributed by atoms with Crippen LogP contribution in [-0.2, 0) is 4.79 Å². The molecule has 0 bridgehead atoms. The molecule has 2 N–H and O–H groups in total. The van der Waals surface area contributed by atoms with Crippen molar-refractivity contribution in [2.75, 3.05) is 6.61 Å². The molecular formula is C23H36O3. The lowest BCUT2D eigenvalue weighted by Crippen LogP contribution is -2.52. The van der Waals surface area contributed by atoms with Crippen molar-refractivity contribution in [3.8, 4) is 0 Å². The summed E-state index contributed by atoms with van der Waals surface area (Å²) < 4.78 is 0. The van der Waals surface area contributed by atoms with Gasteiger partial charge in [0.1, 0.15) is 0 Å². The largest absolute Gasteiger partial charge is 0.478 e. The molecule has 26 heavy (non-hydrogen) atoms. The summed E-state index contributed by atoms with van der Waals surface area (Å²) >= 11 is 0. The van der Waals surface area contributed by atoms with Crippen LogP contribution in [0.4, 0.5) is 0 Å². The molecule has 0 aliphatic heterocycles. The third kappa shape index (κ3) is 2.52. The molecule has 0 aromatic rings. The quantitative estimate of drug-likeness (QED) is 0.753. The first-order valence-electron chi connectivity index (χ1n) is 10.9. The fourth-order valence-electron chi connectivity index (χ4n) is 8.14. The van der Waals surface area contributed by atoms with Gasteiger partial charge in [-0.15, -0.1) is 0 Å². The smallest absolute Gasteiger partial charge is 0.331 e. The number of aliphatic hydroxyl groups excluding tert-OH is 1. The van der Waals surface area contributed by atoms with Gasteiger partial charge < -0.3 is 10.2 Å². The van der Waals surface area contributed by atoms with Crippen LogP contribution >= 0.6 is 0 Å². The number of fused-ring (bicyclic) bond motifs is 5. The van der Waals surface area contributed by atoms with Gasteiger partial charge in [-0.3, -0.25) is 0 Å². The van der Waals surface area contributed by atoms with E-state index in [1.165, 1.54) is 38.5 Å². The van der Waals surface area contributed by atoms with Gasteiger partial charge in [0, 0.05) is 12.2 Å². The van der Waals surface area contributed by atoms with Crippen molar-refractivity contribution < 1.29 is 15.0 Å². The van der Waals surface area contributed by atoms with E-state index in [4.69, 9.17) is 0 Å². The summed E-state index contributed by atoms with van der Waals surface area (Å²) in [6.07, 6.45) is 11.6.